The Morgan fingerprint density at radius 1 is 1.07 bits per heavy atom. The average molecular weight is 403 g/mol. The molecule has 1 amide bonds. The molecule has 0 bridgehead atoms. The molecule has 1 aliphatic rings. The number of amides is 1. The van der Waals surface area contributed by atoms with Crippen molar-refractivity contribution in [2.45, 2.75) is 37.6 Å². The van der Waals surface area contributed by atoms with Crippen molar-refractivity contribution in [2.75, 3.05) is 26.5 Å². The van der Waals surface area contributed by atoms with Gasteiger partial charge in [0, 0.05) is 17.6 Å². The maximum absolute atomic E-state index is 12.4. The van der Waals surface area contributed by atoms with Crippen LogP contribution in [-0.4, -0.2) is 32.0 Å². The zero-order chi connectivity index (χ0) is 19.3. The maximum atomic E-state index is 12.4. The fraction of sp³-hybridized carbons (Fsp3) is 0.435. The summed E-state index contributed by atoms with van der Waals surface area (Å²) in [4.78, 5) is 14.8. The summed E-state index contributed by atoms with van der Waals surface area (Å²) in [6, 6.07) is 18.3. The quantitative estimate of drug-likeness (QED) is 0.731. The summed E-state index contributed by atoms with van der Waals surface area (Å²) in [6.45, 7) is 0. The van der Waals surface area contributed by atoms with Crippen LogP contribution in [-0.2, 0) is 10.3 Å². The van der Waals surface area contributed by atoms with Crippen molar-refractivity contribution >= 4 is 24.0 Å². The van der Waals surface area contributed by atoms with E-state index in [1.54, 1.807) is 7.11 Å². The van der Waals surface area contributed by atoms with Crippen molar-refractivity contribution in [3.8, 4) is 5.75 Å². The van der Waals surface area contributed by atoms with Gasteiger partial charge in [-0.15, -0.1) is 12.4 Å². The molecule has 28 heavy (non-hydrogen) atoms. The molecule has 0 radical (unpaired) electrons. The Bertz CT molecular complexity index is 739. The number of ether oxygens (including phenoxy) is 1. The first-order valence-electron chi connectivity index (χ1n) is 9.70. The van der Waals surface area contributed by atoms with E-state index in [1.807, 2.05) is 24.3 Å². The second-order valence-electron chi connectivity index (χ2n) is 7.72. The molecule has 2 aromatic rings. The summed E-state index contributed by atoms with van der Waals surface area (Å²) in [5.74, 6) is 1.34. The van der Waals surface area contributed by atoms with E-state index in [2.05, 4.69) is 54.6 Å². The average Bonchev–Trinajstić information content (AvgIpc) is 2.69. The Balaban J connectivity index is 0.00000280. The number of hydrogen-bond acceptors (Lipinski definition) is 3. The molecule has 0 aliphatic heterocycles. The molecule has 0 heterocycles. The van der Waals surface area contributed by atoms with Crippen LogP contribution in [0.1, 0.15) is 37.7 Å². The molecule has 4 nitrogen and oxygen atoms in total. The highest BCUT2D eigenvalue weighted by Crippen LogP contribution is 2.43. The van der Waals surface area contributed by atoms with Gasteiger partial charge in [0.25, 0.3) is 0 Å². The van der Waals surface area contributed by atoms with E-state index in [1.165, 1.54) is 5.56 Å². The Kier molecular flexibility index (Phi) is 7.90. The van der Waals surface area contributed by atoms with Crippen molar-refractivity contribution in [1.82, 2.24) is 4.90 Å². The molecule has 1 N–H and O–H groups in total. The van der Waals surface area contributed by atoms with Crippen molar-refractivity contribution in [2.24, 2.45) is 5.92 Å². The number of benzene rings is 2. The van der Waals surface area contributed by atoms with Gasteiger partial charge in [-0.2, -0.15) is 0 Å². The highest BCUT2D eigenvalue weighted by molar-refractivity contribution is 5.90. The van der Waals surface area contributed by atoms with E-state index in [0.717, 1.165) is 37.1 Å². The van der Waals surface area contributed by atoms with Crippen LogP contribution in [0.4, 0.5) is 5.69 Å². The fourth-order valence-corrected chi connectivity index (χ4v) is 4.25. The van der Waals surface area contributed by atoms with Crippen molar-refractivity contribution in [3.05, 3.63) is 60.2 Å². The number of methoxy groups -OCH3 is 1. The smallest absolute Gasteiger partial charge is 0.224 e. The van der Waals surface area contributed by atoms with Gasteiger partial charge in [0.1, 0.15) is 5.75 Å². The summed E-state index contributed by atoms with van der Waals surface area (Å²) >= 11 is 0. The van der Waals surface area contributed by atoms with Crippen LogP contribution in [0, 0.1) is 5.92 Å². The number of carbonyl (C=O) groups is 1. The van der Waals surface area contributed by atoms with Crippen LogP contribution < -0.4 is 10.1 Å². The summed E-state index contributed by atoms with van der Waals surface area (Å²) in [5, 5.41) is 3.01. The third-order valence-electron chi connectivity index (χ3n) is 5.95. The van der Waals surface area contributed by atoms with E-state index < -0.39 is 0 Å². The van der Waals surface area contributed by atoms with E-state index in [9.17, 15) is 4.79 Å². The minimum absolute atomic E-state index is 0. The zero-order valence-corrected chi connectivity index (χ0v) is 17.8. The number of anilines is 1. The lowest BCUT2D eigenvalue weighted by Gasteiger charge is -2.45. The van der Waals surface area contributed by atoms with Gasteiger partial charge < -0.3 is 10.1 Å². The number of carbonyl (C=O) groups excluding carboxylic acids is 1. The van der Waals surface area contributed by atoms with Crippen LogP contribution in [0.5, 0.6) is 5.75 Å². The zero-order valence-electron chi connectivity index (χ0n) is 17.0. The molecule has 0 spiro atoms. The minimum atomic E-state index is 0. The molecule has 2 aromatic carbocycles. The van der Waals surface area contributed by atoms with E-state index in [4.69, 9.17) is 4.74 Å². The highest BCUT2D eigenvalue weighted by atomic mass is 35.5. The number of halogens is 1. The molecule has 1 saturated carbocycles. The van der Waals surface area contributed by atoms with Crippen LogP contribution in [0.15, 0.2) is 54.6 Å². The molecule has 5 heteroatoms. The van der Waals surface area contributed by atoms with Crippen LogP contribution >= 0.6 is 12.4 Å². The minimum Gasteiger partial charge on any atom is -0.497 e. The third kappa shape index (κ3) is 5.06. The third-order valence-corrected chi connectivity index (χ3v) is 5.95. The molecule has 152 valence electrons. The van der Waals surface area contributed by atoms with E-state index >= 15 is 0 Å². The van der Waals surface area contributed by atoms with Crippen molar-refractivity contribution in [1.29, 1.82) is 0 Å². The normalized spacial score (nSPS) is 21.6. The Morgan fingerprint density at radius 2 is 1.68 bits per heavy atom. The molecule has 1 fully saturated rings. The van der Waals surface area contributed by atoms with Crippen LogP contribution in [0.2, 0.25) is 0 Å². The van der Waals surface area contributed by atoms with Crippen LogP contribution in [0.25, 0.3) is 0 Å². The number of nitrogens with zero attached hydrogens (tertiary/aromatic N) is 1. The summed E-state index contributed by atoms with van der Waals surface area (Å²) in [5.41, 5.74) is 2.30. The molecule has 3 rings (SSSR count). The predicted molar refractivity (Wildman–Crippen MR) is 117 cm³/mol. The Hall–Kier alpha value is -2.04. The van der Waals surface area contributed by atoms with Gasteiger partial charge in [-0.25, -0.2) is 0 Å². The molecular formula is C23H31ClN2O2. The van der Waals surface area contributed by atoms with E-state index in [0.29, 0.717) is 12.3 Å². The van der Waals surface area contributed by atoms with Gasteiger partial charge in [0.05, 0.1) is 7.11 Å². The van der Waals surface area contributed by atoms with Crippen molar-refractivity contribution < 1.29 is 9.53 Å². The monoisotopic (exact) mass is 402 g/mol. The molecule has 0 unspecified atom stereocenters. The predicted octanol–water partition coefficient (Wildman–Crippen LogP) is 5.09. The SMILES string of the molecule is COc1ccc(NC(=O)CC2CCC(c3ccccc3)(N(C)C)CC2)cc1.Cl. The molecule has 0 atom stereocenters. The van der Waals surface area contributed by atoms with Gasteiger partial charge in [-0.05, 0) is 75.5 Å². The first-order chi connectivity index (χ1) is 13.0. The molecule has 0 aromatic heterocycles. The standard InChI is InChI=1S/C23H30N2O2.ClH/c1-25(2)23(19-7-5-4-6-8-19)15-13-18(14-16-23)17-22(26)24-20-9-11-21(27-3)12-10-20;/h4-12,18H,13-17H2,1-3H3,(H,24,26);1H. The number of nitrogens with one attached hydrogen (secondary N) is 1. The van der Waals surface area contributed by atoms with Gasteiger partial charge in [0.15, 0.2) is 0 Å². The number of hydrogen-bond donors (Lipinski definition) is 1. The summed E-state index contributed by atoms with van der Waals surface area (Å²) in [7, 11) is 5.98. The Labute approximate surface area is 174 Å². The summed E-state index contributed by atoms with van der Waals surface area (Å²) < 4.78 is 5.15. The molecule has 1 aliphatic carbocycles. The maximum Gasteiger partial charge on any atom is 0.224 e. The first-order valence-corrected chi connectivity index (χ1v) is 9.70. The van der Waals surface area contributed by atoms with Crippen molar-refractivity contribution in [3.63, 3.8) is 0 Å². The summed E-state index contributed by atoms with van der Waals surface area (Å²) in [6.07, 6.45) is 4.91. The van der Waals surface area contributed by atoms with Gasteiger partial charge in [0.2, 0.25) is 5.91 Å². The molecular weight excluding hydrogens is 372 g/mol. The molecule has 0 saturated heterocycles. The Morgan fingerprint density at radius 3 is 2.21 bits per heavy atom. The van der Waals surface area contributed by atoms with Gasteiger partial charge in [-0.1, -0.05) is 30.3 Å². The van der Waals surface area contributed by atoms with E-state index in [-0.39, 0.29) is 23.9 Å². The van der Waals surface area contributed by atoms with Crippen LogP contribution in [0.3, 0.4) is 0 Å². The number of rotatable bonds is 6. The highest BCUT2D eigenvalue weighted by Gasteiger charge is 2.38. The lowest BCUT2D eigenvalue weighted by Crippen LogP contribution is -2.44. The second-order valence-corrected chi connectivity index (χ2v) is 7.72. The largest absolute Gasteiger partial charge is 0.497 e. The lowest BCUT2D eigenvalue weighted by molar-refractivity contribution is -0.117. The van der Waals surface area contributed by atoms with Gasteiger partial charge in [-0.3, -0.25) is 9.69 Å². The topological polar surface area (TPSA) is 41.6 Å². The second kappa shape index (κ2) is 9.94. The lowest BCUT2D eigenvalue weighted by atomic mass is 9.71. The fourth-order valence-electron chi connectivity index (χ4n) is 4.25. The first kappa shape index (κ1) is 22.3. The van der Waals surface area contributed by atoms with Gasteiger partial charge >= 0.3 is 0 Å².